The number of methoxy groups -OCH3 is 1. The highest BCUT2D eigenvalue weighted by molar-refractivity contribution is 6.39. The van der Waals surface area contributed by atoms with E-state index in [-0.39, 0.29) is 15.7 Å². The molecule has 0 fully saturated rings. The molecular weight excluding hydrogens is 401 g/mol. The second-order valence-corrected chi connectivity index (χ2v) is 6.59. The van der Waals surface area contributed by atoms with Crippen LogP contribution in [0.5, 0.6) is 5.75 Å². The molecule has 1 amide bonds. The van der Waals surface area contributed by atoms with Crippen LogP contribution >= 0.6 is 23.2 Å². The van der Waals surface area contributed by atoms with Crippen molar-refractivity contribution in [3.05, 3.63) is 64.5 Å². The predicted octanol–water partition coefficient (Wildman–Crippen LogP) is 4.59. The summed E-state index contributed by atoms with van der Waals surface area (Å²) in [6.07, 6.45) is 4.47. The van der Waals surface area contributed by atoms with E-state index in [1.165, 1.54) is 12.4 Å². The first-order valence-corrected chi connectivity index (χ1v) is 8.92. The number of hydrogen-bond acceptors (Lipinski definition) is 5. The Labute approximate surface area is 169 Å². The number of halogens is 2. The lowest BCUT2D eigenvalue weighted by Crippen LogP contribution is -2.13. The van der Waals surface area contributed by atoms with Crippen LogP contribution in [0.15, 0.2) is 48.9 Å². The number of nitrogens with one attached hydrogen (secondary N) is 2. The highest BCUT2D eigenvalue weighted by Crippen LogP contribution is 2.32. The summed E-state index contributed by atoms with van der Waals surface area (Å²) < 4.78 is 5.39. The average molecular weight is 414 g/mol. The van der Waals surface area contributed by atoms with E-state index in [1.54, 1.807) is 25.4 Å². The Kier molecular flexibility index (Phi) is 4.85. The van der Waals surface area contributed by atoms with Gasteiger partial charge >= 0.3 is 0 Å². The number of pyridine rings is 2. The van der Waals surface area contributed by atoms with Crippen LogP contribution in [0.2, 0.25) is 10.0 Å². The van der Waals surface area contributed by atoms with Crippen molar-refractivity contribution in [3.8, 4) is 17.3 Å². The predicted molar refractivity (Wildman–Crippen MR) is 108 cm³/mol. The third-order valence-electron chi connectivity index (χ3n) is 4.07. The van der Waals surface area contributed by atoms with Gasteiger partial charge in [0.25, 0.3) is 5.91 Å². The number of benzene rings is 1. The lowest BCUT2D eigenvalue weighted by Gasteiger charge is -2.10. The van der Waals surface area contributed by atoms with E-state index < -0.39 is 5.91 Å². The van der Waals surface area contributed by atoms with E-state index in [4.69, 9.17) is 27.9 Å². The molecule has 0 unspecified atom stereocenters. The van der Waals surface area contributed by atoms with Gasteiger partial charge in [-0.3, -0.25) is 14.8 Å². The maximum atomic E-state index is 12.9. The number of hydrogen-bond donors (Lipinski definition) is 2. The van der Waals surface area contributed by atoms with E-state index in [2.05, 4.69) is 25.3 Å². The van der Waals surface area contributed by atoms with Crippen LogP contribution in [0.4, 0.5) is 5.69 Å². The number of amides is 1. The zero-order valence-corrected chi connectivity index (χ0v) is 16.0. The van der Waals surface area contributed by atoms with Crippen molar-refractivity contribution in [3.63, 3.8) is 0 Å². The van der Waals surface area contributed by atoms with E-state index in [9.17, 15) is 4.79 Å². The average Bonchev–Trinajstić information content (AvgIpc) is 3.16. The van der Waals surface area contributed by atoms with Gasteiger partial charge in [-0.2, -0.15) is 0 Å². The molecule has 0 aliphatic rings. The summed E-state index contributed by atoms with van der Waals surface area (Å²) in [6, 6.07) is 8.80. The van der Waals surface area contributed by atoms with Gasteiger partial charge in [0.2, 0.25) is 0 Å². The maximum Gasteiger partial charge on any atom is 0.258 e. The smallest absolute Gasteiger partial charge is 0.258 e. The molecule has 4 rings (SSSR count). The highest BCUT2D eigenvalue weighted by atomic mass is 35.5. The first kappa shape index (κ1) is 18.2. The Morgan fingerprint density at radius 1 is 1.14 bits per heavy atom. The van der Waals surface area contributed by atoms with Crippen LogP contribution in [0.25, 0.3) is 22.6 Å². The van der Waals surface area contributed by atoms with E-state index in [1.807, 2.05) is 18.2 Å². The molecule has 140 valence electrons. The quantitative estimate of drug-likeness (QED) is 0.510. The number of H-pyrrole nitrogens is 1. The van der Waals surface area contributed by atoms with Crippen LogP contribution in [0.3, 0.4) is 0 Å². The number of carbonyl (C=O) groups is 1. The number of ether oxygens (including phenoxy) is 1. The van der Waals surface area contributed by atoms with Gasteiger partial charge in [0.05, 0.1) is 28.4 Å². The molecule has 2 N–H and O–H groups in total. The topological polar surface area (TPSA) is 92.8 Å². The Hall–Kier alpha value is -3.16. The molecule has 0 atom stereocenters. The van der Waals surface area contributed by atoms with Crippen molar-refractivity contribution in [2.75, 3.05) is 12.4 Å². The largest absolute Gasteiger partial charge is 0.494 e. The minimum Gasteiger partial charge on any atom is -0.494 e. The molecule has 0 bridgehead atoms. The Bertz CT molecular complexity index is 1160. The summed E-state index contributed by atoms with van der Waals surface area (Å²) in [7, 11) is 1.55. The zero-order chi connectivity index (χ0) is 19.7. The van der Waals surface area contributed by atoms with Gasteiger partial charge in [-0.1, -0.05) is 29.3 Å². The van der Waals surface area contributed by atoms with Crippen molar-refractivity contribution in [2.24, 2.45) is 0 Å². The van der Waals surface area contributed by atoms with E-state index in [0.29, 0.717) is 33.9 Å². The fourth-order valence-corrected chi connectivity index (χ4v) is 3.22. The summed E-state index contributed by atoms with van der Waals surface area (Å²) in [4.78, 5) is 28.8. The number of aromatic nitrogens is 4. The normalized spacial score (nSPS) is 10.8. The van der Waals surface area contributed by atoms with Gasteiger partial charge in [-0.05, 0) is 24.3 Å². The van der Waals surface area contributed by atoms with Crippen LogP contribution in [-0.2, 0) is 0 Å². The Balaban J connectivity index is 1.81. The van der Waals surface area contributed by atoms with Crippen LogP contribution in [0.1, 0.15) is 10.4 Å². The number of imidazole rings is 1. The van der Waals surface area contributed by atoms with Gasteiger partial charge in [-0.25, -0.2) is 4.98 Å². The molecule has 9 heteroatoms. The molecule has 0 aliphatic carbocycles. The molecule has 0 radical (unpaired) electrons. The SMILES string of the molecule is COc1ccc(C(=O)Nc2c(Cl)cncc2Cl)c2nc(-c3ccccn3)[nH]c12. The minimum atomic E-state index is -0.415. The molecule has 3 aromatic heterocycles. The van der Waals surface area contributed by atoms with Gasteiger partial charge in [0.1, 0.15) is 22.5 Å². The summed E-state index contributed by atoms with van der Waals surface area (Å²) in [5.41, 5.74) is 2.29. The summed E-state index contributed by atoms with van der Waals surface area (Å²) in [6.45, 7) is 0. The number of rotatable bonds is 4. The van der Waals surface area contributed by atoms with Gasteiger partial charge in [0, 0.05) is 18.6 Å². The molecule has 1 aromatic carbocycles. The lowest BCUT2D eigenvalue weighted by atomic mass is 10.1. The van der Waals surface area contributed by atoms with Crippen molar-refractivity contribution < 1.29 is 9.53 Å². The summed E-state index contributed by atoms with van der Waals surface area (Å²) in [5, 5.41) is 3.20. The molecule has 7 nitrogen and oxygen atoms in total. The molecular formula is C19H13Cl2N5O2. The highest BCUT2D eigenvalue weighted by Gasteiger charge is 2.20. The zero-order valence-electron chi connectivity index (χ0n) is 14.5. The first-order valence-electron chi connectivity index (χ1n) is 8.17. The fourth-order valence-electron chi connectivity index (χ4n) is 2.76. The molecule has 3 heterocycles. The van der Waals surface area contributed by atoms with Crippen LogP contribution in [0, 0.1) is 0 Å². The monoisotopic (exact) mass is 413 g/mol. The number of carbonyl (C=O) groups excluding carboxylic acids is 1. The minimum absolute atomic E-state index is 0.238. The third-order valence-corrected chi connectivity index (χ3v) is 4.64. The second kappa shape index (κ2) is 7.46. The van der Waals surface area contributed by atoms with Gasteiger partial charge in [-0.15, -0.1) is 0 Å². The number of aromatic amines is 1. The molecule has 0 aliphatic heterocycles. The Morgan fingerprint density at radius 3 is 2.61 bits per heavy atom. The fraction of sp³-hybridized carbons (Fsp3) is 0.0526. The third kappa shape index (κ3) is 3.26. The summed E-state index contributed by atoms with van der Waals surface area (Å²) >= 11 is 12.2. The lowest BCUT2D eigenvalue weighted by molar-refractivity contribution is 0.102. The van der Waals surface area contributed by atoms with Crippen molar-refractivity contribution in [1.82, 2.24) is 19.9 Å². The molecule has 0 spiro atoms. The van der Waals surface area contributed by atoms with E-state index in [0.717, 1.165) is 0 Å². The molecule has 0 saturated heterocycles. The molecule has 4 aromatic rings. The van der Waals surface area contributed by atoms with Crippen molar-refractivity contribution >= 4 is 45.8 Å². The second-order valence-electron chi connectivity index (χ2n) is 5.77. The van der Waals surface area contributed by atoms with Gasteiger partial charge < -0.3 is 15.0 Å². The molecule has 28 heavy (non-hydrogen) atoms. The number of anilines is 1. The number of nitrogens with zero attached hydrogens (tertiary/aromatic N) is 3. The first-order chi connectivity index (χ1) is 13.6. The Morgan fingerprint density at radius 2 is 1.93 bits per heavy atom. The molecule has 0 saturated carbocycles. The number of fused-ring (bicyclic) bond motifs is 1. The van der Waals surface area contributed by atoms with Crippen LogP contribution < -0.4 is 10.1 Å². The standard InChI is InChI=1S/C19H13Cl2N5O2/c1-28-14-6-5-10(19(27)26-16-11(20)8-22-9-12(16)21)15-17(14)25-18(24-15)13-4-2-3-7-23-13/h2-9H,1H3,(H,24,25)(H,22,26,27). The summed E-state index contributed by atoms with van der Waals surface area (Å²) in [5.74, 6) is 0.664. The van der Waals surface area contributed by atoms with Crippen LogP contribution in [-0.4, -0.2) is 33.0 Å². The van der Waals surface area contributed by atoms with E-state index >= 15 is 0 Å². The van der Waals surface area contributed by atoms with Gasteiger partial charge in [0.15, 0.2) is 5.82 Å². The van der Waals surface area contributed by atoms with Crippen molar-refractivity contribution in [1.29, 1.82) is 0 Å². The van der Waals surface area contributed by atoms with Crippen molar-refractivity contribution in [2.45, 2.75) is 0 Å². The maximum absolute atomic E-state index is 12.9.